The molecule has 0 bridgehead atoms. The van der Waals surface area contributed by atoms with Gasteiger partial charge in [0.25, 0.3) is 11.8 Å². The van der Waals surface area contributed by atoms with Crippen LogP contribution in [0.5, 0.6) is 5.75 Å². The fraction of sp³-hybridized carbons (Fsp3) is 0.400. The van der Waals surface area contributed by atoms with E-state index in [0.29, 0.717) is 16.5 Å². The Labute approximate surface area is 157 Å². The Kier molecular flexibility index (Phi) is 5.61. The highest BCUT2D eigenvalue weighted by Gasteiger charge is 2.18. The fourth-order valence-electron chi connectivity index (χ4n) is 3.20. The first-order valence-corrected chi connectivity index (χ1v) is 9.70. The summed E-state index contributed by atoms with van der Waals surface area (Å²) in [7, 11) is 0. The monoisotopic (exact) mass is 372 g/mol. The summed E-state index contributed by atoms with van der Waals surface area (Å²) in [6.07, 6.45) is 3.24. The molecule has 5 nitrogen and oxygen atoms in total. The number of carbonyl (C=O) groups is 2. The number of ether oxygens (including phenoxy) is 1. The summed E-state index contributed by atoms with van der Waals surface area (Å²) in [5.74, 6) is 0.409. The summed E-state index contributed by atoms with van der Waals surface area (Å²) >= 11 is 1.50. The van der Waals surface area contributed by atoms with Crippen molar-refractivity contribution < 1.29 is 14.3 Å². The number of fused-ring (bicyclic) bond motifs is 1. The molecular weight excluding hydrogens is 348 g/mol. The van der Waals surface area contributed by atoms with Gasteiger partial charge >= 0.3 is 0 Å². The van der Waals surface area contributed by atoms with Crippen LogP contribution in [0.1, 0.15) is 57.4 Å². The van der Waals surface area contributed by atoms with Gasteiger partial charge in [0.2, 0.25) is 0 Å². The molecule has 1 aliphatic carbocycles. The number of benzene rings is 1. The third-order valence-electron chi connectivity index (χ3n) is 4.52. The van der Waals surface area contributed by atoms with Crippen molar-refractivity contribution in [1.29, 1.82) is 0 Å². The van der Waals surface area contributed by atoms with Crippen molar-refractivity contribution in [1.82, 2.24) is 10.9 Å². The Morgan fingerprint density at radius 2 is 2.00 bits per heavy atom. The Bertz CT molecular complexity index is 805. The molecule has 0 atom stereocenters. The molecule has 1 aromatic heterocycles. The van der Waals surface area contributed by atoms with Crippen molar-refractivity contribution in [2.45, 2.75) is 46.0 Å². The fourth-order valence-corrected chi connectivity index (χ4v) is 4.35. The van der Waals surface area contributed by atoms with Crippen LogP contribution in [0.15, 0.2) is 24.3 Å². The van der Waals surface area contributed by atoms with E-state index in [1.54, 1.807) is 0 Å². The first-order chi connectivity index (χ1) is 12.4. The van der Waals surface area contributed by atoms with E-state index in [1.807, 2.05) is 31.2 Å². The minimum atomic E-state index is -0.395. The van der Waals surface area contributed by atoms with E-state index >= 15 is 0 Å². The normalized spacial score (nSPS) is 12.8. The summed E-state index contributed by atoms with van der Waals surface area (Å²) < 4.78 is 5.51. The first kappa shape index (κ1) is 18.5. The largest absolute Gasteiger partial charge is 0.484 e. The van der Waals surface area contributed by atoms with Crippen molar-refractivity contribution in [2.24, 2.45) is 0 Å². The number of amides is 2. The number of hydrogen-bond donors (Lipinski definition) is 2. The van der Waals surface area contributed by atoms with Crippen LogP contribution in [0.25, 0.3) is 0 Å². The van der Waals surface area contributed by atoms with Crippen LogP contribution in [0.4, 0.5) is 0 Å². The third kappa shape index (κ3) is 4.25. The van der Waals surface area contributed by atoms with E-state index in [4.69, 9.17) is 4.74 Å². The second-order valence-corrected chi connectivity index (χ2v) is 8.01. The van der Waals surface area contributed by atoms with Gasteiger partial charge in [-0.2, -0.15) is 0 Å². The van der Waals surface area contributed by atoms with Crippen molar-refractivity contribution in [3.63, 3.8) is 0 Å². The predicted molar refractivity (Wildman–Crippen MR) is 103 cm³/mol. The Morgan fingerprint density at radius 1 is 1.19 bits per heavy atom. The maximum absolute atomic E-state index is 12.1. The highest BCUT2D eigenvalue weighted by Crippen LogP contribution is 2.30. The smallest absolute Gasteiger partial charge is 0.279 e. The first-order valence-electron chi connectivity index (χ1n) is 8.88. The lowest BCUT2D eigenvalue weighted by molar-refractivity contribution is -0.123. The number of thiophene rings is 1. The topological polar surface area (TPSA) is 67.4 Å². The van der Waals surface area contributed by atoms with Gasteiger partial charge in [-0.1, -0.05) is 19.9 Å². The van der Waals surface area contributed by atoms with Crippen LogP contribution in [0.3, 0.4) is 0 Å². The zero-order valence-corrected chi connectivity index (χ0v) is 16.2. The van der Waals surface area contributed by atoms with Gasteiger partial charge in [0.15, 0.2) is 6.61 Å². The Hall–Kier alpha value is -2.34. The highest BCUT2D eigenvalue weighted by molar-refractivity contribution is 7.14. The SMILES string of the molecule is Cc1cc(OCC(=O)NNC(=O)c2cc3c(s2)CCC3)ccc1C(C)C. The Balaban J connectivity index is 1.46. The summed E-state index contributed by atoms with van der Waals surface area (Å²) in [4.78, 5) is 25.9. The molecule has 0 unspecified atom stereocenters. The van der Waals surface area contributed by atoms with Gasteiger partial charge in [0.05, 0.1) is 4.88 Å². The van der Waals surface area contributed by atoms with Crippen LogP contribution >= 0.6 is 11.3 Å². The molecule has 6 heteroatoms. The van der Waals surface area contributed by atoms with E-state index in [-0.39, 0.29) is 12.5 Å². The van der Waals surface area contributed by atoms with Crippen molar-refractivity contribution in [3.8, 4) is 5.75 Å². The second-order valence-electron chi connectivity index (χ2n) is 6.88. The molecule has 0 saturated heterocycles. The highest BCUT2D eigenvalue weighted by atomic mass is 32.1. The number of aryl methyl sites for hydroxylation is 3. The van der Waals surface area contributed by atoms with E-state index in [9.17, 15) is 9.59 Å². The summed E-state index contributed by atoms with van der Waals surface area (Å²) in [5, 5.41) is 0. The van der Waals surface area contributed by atoms with Crippen LogP contribution < -0.4 is 15.6 Å². The lowest BCUT2D eigenvalue weighted by atomic mass is 9.98. The average Bonchev–Trinajstić information content (AvgIpc) is 3.19. The molecule has 0 aliphatic heterocycles. The zero-order valence-electron chi connectivity index (χ0n) is 15.3. The minimum Gasteiger partial charge on any atom is -0.484 e. The van der Waals surface area contributed by atoms with Gasteiger partial charge in [0, 0.05) is 4.88 Å². The summed E-state index contributed by atoms with van der Waals surface area (Å²) in [6, 6.07) is 7.73. The zero-order chi connectivity index (χ0) is 18.7. The molecule has 0 fully saturated rings. The molecule has 26 heavy (non-hydrogen) atoms. The van der Waals surface area contributed by atoms with Crippen LogP contribution in [-0.2, 0) is 17.6 Å². The maximum atomic E-state index is 12.1. The molecule has 2 amide bonds. The number of hydrazine groups is 1. The minimum absolute atomic E-state index is 0.151. The van der Waals surface area contributed by atoms with E-state index < -0.39 is 5.91 Å². The van der Waals surface area contributed by atoms with Gasteiger partial charge in [0.1, 0.15) is 5.75 Å². The molecule has 138 valence electrons. The number of hydrogen-bond acceptors (Lipinski definition) is 4. The molecule has 1 aliphatic rings. The van der Waals surface area contributed by atoms with Crippen molar-refractivity contribution in [2.75, 3.05) is 6.61 Å². The van der Waals surface area contributed by atoms with Gasteiger partial charge in [-0.05, 0) is 67.0 Å². The predicted octanol–water partition coefficient (Wildman–Crippen LogP) is 3.51. The average molecular weight is 372 g/mol. The third-order valence-corrected chi connectivity index (χ3v) is 5.75. The second kappa shape index (κ2) is 7.91. The molecular formula is C20H24N2O3S. The molecule has 0 saturated carbocycles. The molecule has 0 radical (unpaired) electrons. The van der Waals surface area contributed by atoms with E-state index in [0.717, 1.165) is 24.8 Å². The lowest BCUT2D eigenvalue weighted by Crippen LogP contribution is -2.43. The number of nitrogens with one attached hydrogen (secondary N) is 2. The summed E-state index contributed by atoms with van der Waals surface area (Å²) in [5.41, 5.74) is 8.51. The number of rotatable bonds is 5. The van der Waals surface area contributed by atoms with E-state index in [1.165, 1.54) is 27.3 Å². The molecule has 1 aromatic carbocycles. The molecule has 1 heterocycles. The Morgan fingerprint density at radius 3 is 2.69 bits per heavy atom. The van der Waals surface area contributed by atoms with Crippen LogP contribution in [0, 0.1) is 6.92 Å². The van der Waals surface area contributed by atoms with Gasteiger partial charge in [-0.15, -0.1) is 11.3 Å². The van der Waals surface area contributed by atoms with Crippen molar-refractivity contribution in [3.05, 3.63) is 50.7 Å². The van der Waals surface area contributed by atoms with Crippen molar-refractivity contribution >= 4 is 23.2 Å². The molecule has 3 rings (SSSR count). The van der Waals surface area contributed by atoms with Crippen LogP contribution in [-0.4, -0.2) is 18.4 Å². The standard InChI is InChI=1S/C20H24N2O3S/c1-12(2)16-8-7-15(9-13(16)3)25-11-19(23)21-22-20(24)18-10-14-5-4-6-17(14)26-18/h7-10,12H,4-6,11H2,1-3H3,(H,21,23)(H,22,24). The maximum Gasteiger partial charge on any atom is 0.279 e. The van der Waals surface area contributed by atoms with Crippen LogP contribution in [0.2, 0.25) is 0 Å². The molecule has 2 aromatic rings. The molecule has 0 spiro atoms. The lowest BCUT2D eigenvalue weighted by Gasteiger charge is -2.12. The van der Waals surface area contributed by atoms with Gasteiger partial charge < -0.3 is 4.74 Å². The quantitative estimate of drug-likeness (QED) is 0.789. The van der Waals surface area contributed by atoms with E-state index in [2.05, 4.69) is 24.7 Å². The summed E-state index contributed by atoms with van der Waals surface area (Å²) in [6.45, 7) is 6.16. The molecule has 2 N–H and O–H groups in total. The van der Waals surface area contributed by atoms with Gasteiger partial charge in [-0.25, -0.2) is 0 Å². The number of carbonyl (C=O) groups excluding carboxylic acids is 2. The van der Waals surface area contributed by atoms with Gasteiger partial charge in [-0.3, -0.25) is 20.4 Å².